The number of benzene rings is 1. The lowest BCUT2D eigenvalue weighted by atomic mass is 9.70. The van der Waals surface area contributed by atoms with Gasteiger partial charge in [-0.25, -0.2) is 0 Å². The third-order valence-corrected chi connectivity index (χ3v) is 5.53. The average molecular weight is 333 g/mol. The van der Waals surface area contributed by atoms with E-state index >= 15 is 0 Å². The fourth-order valence-corrected chi connectivity index (χ4v) is 4.35. The first kappa shape index (κ1) is 18.1. The lowest BCUT2D eigenvalue weighted by Crippen LogP contribution is -2.59. The summed E-state index contributed by atoms with van der Waals surface area (Å²) in [6.45, 7) is 8.62. The van der Waals surface area contributed by atoms with Gasteiger partial charge in [-0.2, -0.15) is 0 Å². The smallest absolute Gasteiger partial charge is 0.225 e. The van der Waals surface area contributed by atoms with E-state index in [1.165, 1.54) is 11.8 Å². The third-order valence-electron chi connectivity index (χ3n) is 4.73. The van der Waals surface area contributed by atoms with Crippen molar-refractivity contribution in [1.82, 2.24) is 4.90 Å². The summed E-state index contributed by atoms with van der Waals surface area (Å²) >= 11 is 1.33. The number of likely N-dealkylation sites (tertiary alicyclic amines) is 1. The second-order valence-corrected chi connectivity index (χ2v) is 8.00. The van der Waals surface area contributed by atoms with E-state index in [1.807, 2.05) is 43.9 Å². The number of nitrogens with zero attached hydrogens (tertiary/aromatic N) is 1. The van der Waals surface area contributed by atoms with Crippen molar-refractivity contribution < 1.29 is 9.59 Å². The molecule has 2 atom stereocenters. The largest absolute Gasteiger partial charge is 0.331 e. The summed E-state index contributed by atoms with van der Waals surface area (Å²) in [4.78, 5) is 27.4. The Labute approximate surface area is 143 Å². The van der Waals surface area contributed by atoms with Crippen LogP contribution < -0.4 is 0 Å². The van der Waals surface area contributed by atoms with Gasteiger partial charge in [-0.1, -0.05) is 69.8 Å². The number of hydrogen-bond acceptors (Lipinski definition) is 3. The standard InChI is InChI=1S/C19H27NO2S/c1-5-23-18(22)16-19(4,15-10-7-6-8-11-15)12-9-13-20(16)17(21)14(2)3/h6-8,10-11,14,16H,5,9,12-13H2,1-4H3. The summed E-state index contributed by atoms with van der Waals surface area (Å²) in [5, 5.41) is 0.118. The van der Waals surface area contributed by atoms with Crippen LogP contribution in [0, 0.1) is 5.92 Å². The molecule has 1 heterocycles. The van der Waals surface area contributed by atoms with Gasteiger partial charge in [0.25, 0.3) is 0 Å². The van der Waals surface area contributed by atoms with Gasteiger partial charge in [-0.05, 0) is 24.2 Å². The number of piperidine rings is 1. The van der Waals surface area contributed by atoms with Gasteiger partial charge in [-0.15, -0.1) is 0 Å². The number of amides is 1. The fourth-order valence-electron chi connectivity index (χ4n) is 3.53. The van der Waals surface area contributed by atoms with Crippen LogP contribution in [0.2, 0.25) is 0 Å². The molecule has 1 aromatic rings. The molecule has 1 aromatic carbocycles. The molecule has 3 nitrogen and oxygen atoms in total. The Hall–Kier alpha value is -1.29. The molecule has 0 N–H and O–H groups in total. The summed E-state index contributed by atoms with van der Waals surface area (Å²) in [5.41, 5.74) is 0.833. The van der Waals surface area contributed by atoms with E-state index in [4.69, 9.17) is 0 Å². The first-order valence-electron chi connectivity index (χ1n) is 8.44. The monoisotopic (exact) mass is 333 g/mol. The number of carbonyl (C=O) groups is 2. The molecule has 1 saturated heterocycles. The van der Waals surface area contributed by atoms with Crippen molar-refractivity contribution in [2.45, 2.75) is 52.0 Å². The molecular formula is C19H27NO2S. The summed E-state index contributed by atoms with van der Waals surface area (Å²) < 4.78 is 0. The number of rotatable bonds is 4. The normalized spacial score (nSPS) is 24.7. The highest BCUT2D eigenvalue weighted by atomic mass is 32.2. The van der Waals surface area contributed by atoms with E-state index in [0.29, 0.717) is 6.54 Å². The van der Waals surface area contributed by atoms with Gasteiger partial charge in [0.2, 0.25) is 11.0 Å². The Morgan fingerprint density at radius 1 is 1.30 bits per heavy atom. The third kappa shape index (κ3) is 3.63. The van der Waals surface area contributed by atoms with Crippen LogP contribution >= 0.6 is 11.8 Å². The molecule has 23 heavy (non-hydrogen) atoms. The fraction of sp³-hybridized carbons (Fsp3) is 0.579. The first-order chi connectivity index (χ1) is 10.9. The Morgan fingerprint density at radius 3 is 2.52 bits per heavy atom. The van der Waals surface area contributed by atoms with E-state index < -0.39 is 0 Å². The van der Waals surface area contributed by atoms with Gasteiger partial charge in [0.15, 0.2) is 0 Å². The van der Waals surface area contributed by atoms with Crippen molar-refractivity contribution in [3.8, 4) is 0 Å². The van der Waals surface area contributed by atoms with E-state index in [2.05, 4.69) is 19.1 Å². The minimum atomic E-state index is -0.376. The molecule has 0 bridgehead atoms. The van der Waals surface area contributed by atoms with E-state index in [1.54, 1.807) is 0 Å². The van der Waals surface area contributed by atoms with Crippen LogP contribution in [0.5, 0.6) is 0 Å². The van der Waals surface area contributed by atoms with Crippen molar-refractivity contribution in [3.63, 3.8) is 0 Å². The van der Waals surface area contributed by atoms with Gasteiger partial charge in [0.05, 0.1) is 0 Å². The number of thioether (sulfide) groups is 1. The predicted molar refractivity (Wildman–Crippen MR) is 96.5 cm³/mol. The minimum absolute atomic E-state index is 0.0851. The van der Waals surface area contributed by atoms with Gasteiger partial charge in [0, 0.05) is 17.9 Å². The van der Waals surface area contributed by atoms with Crippen LogP contribution in [0.4, 0.5) is 0 Å². The molecule has 2 unspecified atom stereocenters. The highest BCUT2D eigenvalue weighted by Crippen LogP contribution is 2.41. The first-order valence-corrected chi connectivity index (χ1v) is 9.43. The van der Waals surface area contributed by atoms with E-state index in [9.17, 15) is 9.59 Å². The maximum atomic E-state index is 12.9. The van der Waals surface area contributed by atoms with E-state index in [-0.39, 0.29) is 28.4 Å². The zero-order chi connectivity index (χ0) is 17.0. The van der Waals surface area contributed by atoms with Gasteiger partial charge in [-0.3, -0.25) is 9.59 Å². The molecule has 1 aliphatic rings. The molecule has 4 heteroatoms. The zero-order valence-corrected chi connectivity index (χ0v) is 15.4. The Bertz CT molecular complexity index is 558. The molecule has 2 rings (SSSR count). The molecule has 1 amide bonds. The molecule has 126 valence electrons. The van der Waals surface area contributed by atoms with Crippen LogP contribution in [0.25, 0.3) is 0 Å². The highest BCUT2D eigenvalue weighted by molar-refractivity contribution is 8.13. The Balaban J connectivity index is 2.46. The molecule has 1 fully saturated rings. The van der Waals surface area contributed by atoms with Crippen molar-refractivity contribution in [3.05, 3.63) is 35.9 Å². The molecule has 1 aliphatic heterocycles. The summed E-state index contributed by atoms with van der Waals surface area (Å²) in [5.74, 6) is 0.737. The molecule has 0 saturated carbocycles. The number of carbonyl (C=O) groups excluding carboxylic acids is 2. The van der Waals surface area contributed by atoms with Crippen LogP contribution in [-0.4, -0.2) is 34.3 Å². The van der Waals surface area contributed by atoms with Crippen molar-refractivity contribution >= 4 is 22.8 Å². The molecule has 0 aromatic heterocycles. The predicted octanol–water partition coefficient (Wildman–Crippen LogP) is 3.87. The highest BCUT2D eigenvalue weighted by Gasteiger charge is 2.48. The van der Waals surface area contributed by atoms with Crippen molar-refractivity contribution in [1.29, 1.82) is 0 Å². The minimum Gasteiger partial charge on any atom is -0.331 e. The van der Waals surface area contributed by atoms with Crippen molar-refractivity contribution in [2.75, 3.05) is 12.3 Å². The summed E-state index contributed by atoms with van der Waals surface area (Å²) in [6, 6.07) is 9.81. The lowest BCUT2D eigenvalue weighted by molar-refractivity contribution is -0.144. The second kappa shape index (κ2) is 7.52. The molecule has 0 spiro atoms. The van der Waals surface area contributed by atoms with Gasteiger partial charge >= 0.3 is 0 Å². The average Bonchev–Trinajstić information content (AvgIpc) is 2.54. The van der Waals surface area contributed by atoms with Crippen LogP contribution in [-0.2, 0) is 15.0 Å². The SMILES string of the molecule is CCSC(=O)C1N(C(=O)C(C)C)CCCC1(C)c1ccccc1. The van der Waals surface area contributed by atoms with Crippen LogP contribution in [0.15, 0.2) is 30.3 Å². The molecular weight excluding hydrogens is 306 g/mol. The number of hydrogen-bond donors (Lipinski definition) is 0. The second-order valence-electron chi connectivity index (χ2n) is 6.73. The Morgan fingerprint density at radius 2 is 1.96 bits per heavy atom. The zero-order valence-electron chi connectivity index (χ0n) is 14.5. The topological polar surface area (TPSA) is 37.4 Å². The summed E-state index contributed by atoms with van der Waals surface area (Å²) in [6.07, 6.45) is 1.87. The molecule has 0 aliphatic carbocycles. The van der Waals surface area contributed by atoms with Crippen LogP contribution in [0.1, 0.15) is 46.1 Å². The van der Waals surface area contributed by atoms with E-state index in [0.717, 1.165) is 24.2 Å². The Kier molecular flexibility index (Phi) is 5.90. The maximum absolute atomic E-state index is 12.9. The van der Waals surface area contributed by atoms with Crippen LogP contribution in [0.3, 0.4) is 0 Å². The van der Waals surface area contributed by atoms with Gasteiger partial charge in [0.1, 0.15) is 6.04 Å². The quantitative estimate of drug-likeness (QED) is 0.839. The van der Waals surface area contributed by atoms with Gasteiger partial charge < -0.3 is 4.90 Å². The van der Waals surface area contributed by atoms with Crippen molar-refractivity contribution in [2.24, 2.45) is 5.92 Å². The lowest BCUT2D eigenvalue weighted by Gasteiger charge is -2.48. The molecule has 0 radical (unpaired) electrons. The maximum Gasteiger partial charge on any atom is 0.225 e. The summed E-state index contributed by atoms with van der Waals surface area (Å²) in [7, 11) is 0.